The summed E-state index contributed by atoms with van der Waals surface area (Å²) in [6.45, 7) is 2.89. The summed E-state index contributed by atoms with van der Waals surface area (Å²) in [5, 5.41) is 7.14. The van der Waals surface area contributed by atoms with Gasteiger partial charge in [0, 0.05) is 21.8 Å². The largest absolute Gasteiger partial charge is 0.497 e. The number of ether oxygens (including phenoxy) is 2. The first kappa shape index (κ1) is 24.3. The van der Waals surface area contributed by atoms with E-state index in [1.54, 1.807) is 7.11 Å². The summed E-state index contributed by atoms with van der Waals surface area (Å²) in [6.07, 6.45) is 5.95. The molecule has 0 aliphatic rings. The van der Waals surface area contributed by atoms with Crippen molar-refractivity contribution in [1.82, 2.24) is 5.32 Å². The number of carbonyl (C=O) groups is 1. The number of anilines is 1. The fourth-order valence-corrected chi connectivity index (χ4v) is 4.85. The lowest BCUT2D eigenvalue weighted by Crippen LogP contribution is -2.33. The monoisotopic (exact) mass is 490 g/mol. The SMILES string of the molecule is CCCCCCCOc1cccc(NC(=S)NC(=O)c2sc3cc(OC)ccc3c2Cl)c1. The van der Waals surface area contributed by atoms with Crippen LogP contribution in [0.25, 0.3) is 10.1 Å². The maximum Gasteiger partial charge on any atom is 0.269 e. The van der Waals surface area contributed by atoms with Gasteiger partial charge in [-0.2, -0.15) is 0 Å². The molecule has 170 valence electrons. The molecule has 0 fully saturated rings. The summed E-state index contributed by atoms with van der Waals surface area (Å²) in [7, 11) is 1.60. The van der Waals surface area contributed by atoms with Crippen molar-refractivity contribution < 1.29 is 14.3 Å². The highest BCUT2D eigenvalue weighted by atomic mass is 35.5. The number of carbonyl (C=O) groups excluding carboxylic acids is 1. The van der Waals surface area contributed by atoms with Crippen molar-refractivity contribution in [3.05, 3.63) is 52.4 Å². The zero-order valence-corrected chi connectivity index (χ0v) is 20.6. The van der Waals surface area contributed by atoms with Crippen molar-refractivity contribution in [3.8, 4) is 11.5 Å². The second-order valence-electron chi connectivity index (χ2n) is 7.31. The first-order valence-electron chi connectivity index (χ1n) is 10.6. The third kappa shape index (κ3) is 6.58. The number of thiophene rings is 1. The number of unbranched alkanes of at least 4 members (excludes halogenated alkanes) is 4. The Balaban J connectivity index is 1.56. The van der Waals surface area contributed by atoms with Gasteiger partial charge >= 0.3 is 0 Å². The lowest BCUT2D eigenvalue weighted by molar-refractivity contribution is 0.0982. The second kappa shape index (κ2) is 12.0. The Kier molecular flexibility index (Phi) is 9.14. The molecular formula is C24H27ClN2O3S2. The fraction of sp³-hybridized carbons (Fsp3) is 0.333. The zero-order chi connectivity index (χ0) is 22.9. The Morgan fingerprint density at radius 3 is 2.69 bits per heavy atom. The van der Waals surface area contributed by atoms with E-state index in [4.69, 9.17) is 33.3 Å². The molecule has 1 aromatic heterocycles. The molecular weight excluding hydrogens is 464 g/mol. The van der Waals surface area contributed by atoms with Crippen LogP contribution in [0.15, 0.2) is 42.5 Å². The molecule has 2 aromatic carbocycles. The fourth-order valence-electron chi connectivity index (χ4n) is 3.20. The highest BCUT2D eigenvalue weighted by Gasteiger charge is 2.18. The highest BCUT2D eigenvalue weighted by Crippen LogP contribution is 2.37. The van der Waals surface area contributed by atoms with Crippen LogP contribution in [0.5, 0.6) is 11.5 Å². The molecule has 1 heterocycles. The highest BCUT2D eigenvalue weighted by molar-refractivity contribution is 7.80. The lowest BCUT2D eigenvalue weighted by atomic mass is 10.2. The number of fused-ring (bicyclic) bond motifs is 1. The molecule has 1 amide bonds. The molecule has 5 nitrogen and oxygen atoms in total. The van der Waals surface area contributed by atoms with E-state index in [0.717, 1.165) is 27.9 Å². The Labute approximate surface area is 203 Å². The summed E-state index contributed by atoms with van der Waals surface area (Å²) < 4.78 is 11.9. The van der Waals surface area contributed by atoms with Crippen molar-refractivity contribution in [2.45, 2.75) is 39.0 Å². The number of thiocarbonyl (C=S) groups is 1. The lowest BCUT2D eigenvalue weighted by Gasteiger charge is -2.11. The molecule has 0 atom stereocenters. The van der Waals surface area contributed by atoms with Gasteiger partial charge in [-0.05, 0) is 49.0 Å². The number of nitrogens with one attached hydrogen (secondary N) is 2. The van der Waals surface area contributed by atoms with Gasteiger partial charge in [0.1, 0.15) is 16.4 Å². The number of halogens is 1. The van der Waals surface area contributed by atoms with Crippen LogP contribution in [0.2, 0.25) is 5.02 Å². The molecule has 0 bridgehead atoms. The third-order valence-electron chi connectivity index (χ3n) is 4.88. The van der Waals surface area contributed by atoms with Crippen molar-refractivity contribution in [3.63, 3.8) is 0 Å². The van der Waals surface area contributed by atoms with Crippen LogP contribution in [0.3, 0.4) is 0 Å². The van der Waals surface area contributed by atoms with E-state index < -0.39 is 0 Å². The molecule has 32 heavy (non-hydrogen) atoms. The minimum atomic E-state index is -0.354. The van der Waals surface area contributed by atoms with Crippen LogP contribution in [0, 0.1) is 0 Å². The van der Waals surface area contributed by atoms with Gasteiger partial charge in [0.2, 0.25) is 0 Å². The maximum atomic E-state index is 12.7. The van der Waals surface area contributed by atoms with Crippen LogP contribution < -0.4 is 20.1 Å². The average Bonchev–Trinajstić information content (AvgIpc) is 3.12. The van der Waals surface area contributed by atoms with E-state index in [1.165, 1.54) is 37.0 Å². The summed E-state index contributed by atoms with van der Waals surface area (Å²) in [4.78, 5) is 13.1. The normalized spacial score (nSPS) is 10.7. The summed E-state index contributed by atoms with van der Waals surface area (Å²) in [5.74, 6) is 1.12. The topological polar surface area (TPSA) is 59.6 Å². The quantitative estimate of drug-likeness (QED) is 0.236. The Bertz CT molecular complexity index is 1080. The maximum absolute atomic E-state index is 12.7. The van der Waals surface area contributed by atoms with Gasteiger partial charge in [-0.3, -0.25) is 10.1 Å². The first-order chi connectivity index (χ1) is 15.5. The molecule has 3 rings (SSSR count). The molecule has 0 aliphatic carbocycles. The number of rotatable bonds is 10. The van der Waals surface area contributed by atoms with E-state index in [-0.39, 0.29) is 11.0 Å². The zero-order valence-electron chi connectivity index (χ0n) is 18.2. The molecule has 3 aromatic rings. The number of hydrogen-bond donors (Lipinski definition) is 2. The number of amides is 1. The van der Waals surface area contributed by atoms with E-state index in [1.807, 2.05) is 42.5 Å². The van der Waals surface area contributed by atoms with Crippen molar-refractivity contribution in [1.29, 1.82) is 0 Å². The van der Waals surface area contributed by atoms with Crippen LogP contribution >= 0.6 is 35.2 Å². The average molecular weight is 491 g/mol. The number of hydrogen-bond acceptors (Lipinski definition) is 5. The third-order valence-corrected chi connectivity index (χ3v) is 6.74. The van der Waals surface area contributed by atoms with Crippen LogP contribution in [-0.2, 0) is 0 Å². The second-order valence-corrected chi connectivity index (χ2v) is 9.14. The minimum Gasteiger partial charge on any atom is -0.497 e. The van der Waals surface area contributed by atoms with Crippen LogP contribution in [-0.4, -0.2) is 24.7 Å². The van der Waals surface area contributed by atoms with Gasteiger partial charge in [-0.1, -0.05) is 50.3 Å². The minimum absolute atomic E-state index is 0.192. The Morgan fingerprint density at radius 1 is 1.09 bits per heavy atom. The van der Waals surface area contributed by atoms with E-state index >= 15 is 0 Å². The van der Waals surface area contributed by atoms with Crippen molar-refractivity contribution in [2.24, 2.45) is 0 Å². The number of methoxy groups -OCH3 is 1. The van der Waals surface area contributed by atoms with Gasteiger partial charge in [0.25, 0.3) is 5.91 Å². The standard InChI is InChI=1S/C24H27ClN2O3S2/c1-3-4-5-6-7-13-30-18-10-8-9-16(14-18)26-24(31)27-23(28)22-21(25)19-12-11-17(29-2)15-20(19)32-22/h8-12,14-15H,3-7,13H2,1-2H3,(H2,26,27,28,31). The van der Waals surface area contributed by atoms with E-state index in [2.05, 4.69) is 17.6 Å². The Hall–Kier alpha value is -2.35. The van der Waals surface area contributed by atoms with E-state index in [9.17, 15) is 4.79 Å². The van der Waals surface area contributed by atoms with E-state index in [0.29, 0.717) is 22.3 Å². The van der Waals surface area contributed by atoms with Crippen LogP contribution in [0.1, 0.15) is 48.7 Å². The summed E-state index contributed by atoms with van der Waals surface area (Å²) >= 11 is 13.0. The summed E-state index contributed by atoms with van der Waals surface area (Å²) in [5.41, 5.74) is 0.742. The van der Waals surface area contributed by atoms with Gasteiger partial charge in [0.05, 0.1) is 18.7 Å². The molecule has 0 unspecified atom stereocenters. The molecule has 0 radical (unpaired) electrons. The van der Waals surface area contributed by atoms with Gasteiger partial charge in [-0.15, -0.1) is 11.3 Å². The number of benzene rings is 2. The molecule has 2 N–H and O–H groups in total. The van der Waals surface area contributed by atoms with Gasteiger partial charge in [0.15, 0.2) is 5.11 Å². The van der Waals surface area contributed by atoms with Gasteiger partial charge < -0.3 is 14.8 Å². The first-order valence-corrected chi connectivity index (χ1v) is 12.2. The van der Waals surface area contributed by atoms with Crippen LogP contribution in [0.4, 0.5) is 5.69 Å². The van der Waals surface area contributed by atoms with Crippen molar-refractivity contribution in [2.75, 3.05) is 19.0 Å². The van der Waals surface area contributed by atoms with Crippen molar-refractivity contribution >= 4 is 61.9 Å². The Morgan fingerprint density at radius 2 is 1.91 bits per heavy atom. The molecule has 0 saturated carbocycles. The summed E-state index contributed by atoms with van der Waals surface area (Å²) in [6, 6.07) is 13.0. The predicted molar refractivity (Wildman–Crippen MR) is 138 cm³/mol. The predicted octanol–water partition coefficient (Wildman–Crippen LogP) is 7.04. The molecule has 0 aliphatic heterocycles. The molecule has 8 heteroatoms. The smallest absolute Gasteiger partial charge is 0.269 e. The molecule has 0 saturated heterocycles. The molecule has 0 spiro atoms. The van der Waals surface area contributed by atoms with Gasteiger partial charge in [-0.25, -0.2) is 0 Å².